The summed E-state index contributed by atoms with van der Waals surface area (Å²) >= 11 is 13.4. The minimum atomic E-state index is -0.829. The predicted octanol–water partition coefficient (Wildman–Crippen LogP) is 4.62. The third-order valence-corrected chi connectivity index (χ3v) is 7.43. The molecule has 2 aromatic carbocycles. The highest BCUT2D eigenvalue weighted by Crippen LogP contribution is 2.41. The average molecular weight is 666 g/mol. The molecule has 1 aliphatic heterocycles. The summed E-state index contributed by atoms with van der Waals surface area (Å²) in [7, 11) is 2.14. The van der Waals surface area contributed by atoms with Crippen molar-refractivity contribution in [1.82, 2.24) is 34.7 Å². The fourth-order valence-corrected chi connectivity index (χ4v) is 5.58. The molecule has 4 aromatic rings. The summed E-state index contributed by atoms with van der Waals surface area (Å²) in [6, 6.07) is 11.2. The highest BCUT2D eigenvalue weighted by atomic mass is 35.5. The molecule has 222 valence electrons. The molecule has 2 aromatic heterocycles. The maximum absolute atomic E-state index is 12.2. The minimum Gasteiger partial charge on any atom is -0.334 e. The van der Waals surface area contributed by atoms with E-state index in [0.717, 1.165) is 54.7 Å². The molecule has 10 nitrogen and oxygen atoms in total. The number of rotatable bonds is 6. The van der Waals surface area contributed by atoms with E-state index >= 15 is 0 Å². The van der Waals surface area contributed by atoms with E-state index in [1.54, 1.807) is 12.1 Å². The largest absolute Gasteiger partial charge is 0.349 e. The smallest absolute Gasteiger partial charge is 0.334 e. The first kappa shape index (κ1) is 34.8. The van der Waals surface area contributed by atoms with Gasteiger partial charge in [-0.05, 0) is 44.7 Å². The van der Waals surface area contributed by atoms with Gasteiger partial charge in [0.2, 0.25) is 0 Å². The molecule has 1 N–H and O–H groups in total. The highest BCUT2D eigenvalue weighted by Gasteiger charge is 2.34. The van der Waals surface area contributed by atoms with Crippen molar-refractivity contribution in [2.75, 3.05) is 33.2 Å². The second kappa shape index (κ2) is 14.2. The van der Waals surface area contributed by atoms with Gasteiger partial charge in [0.15, 0.2) is 5.82 Å². The van der Waals surface area contributed by atoms with Gasteiger partial charge in [0.25, 0.3) is 11.4 Å². The number of nitrogens with zero attached hydrogens (tertiary/aromatic N) is 6. The number of benzene rings is 2. The van der Waals surface area contributed by atoms with Crippen LogP contribution in [0.25, 0.3) is 17.1 Å². The molecule has 0 atom stereocenters. The van der Waals surface area contributed by atoms with Crippen molar-refractivity contribution < 1.29 is 4.52 Å². The van der Waals surface area contributed by atoms with Gasteiger partial charge < -0.3 is 9.42 Å². The number of likely N-dealkylation sites (N-methyl/N-ethyl adjacent to an activating group) is 1. The summed E-state index contributed by atoms with van der Waals surface area (Å²) in [6.07, 6.45) is 1.00. The normalized spacial score (nSPS) is 14.1. The fraction of sp³-hybridized carbons (Fsp3) is 0.346. The quantitative estimate of drug-likeness (QED) is 0.318. The Hall–Kier alpha value is -2.44. The van der Waals surface area contributed by atoms with E-state index in [-0.39, 0.29) is 37.2 Å². The molecule has 1 aliphatic rings. The van der Waals surface area contributed by atoms with E-state index in [4.69, 9.17) is 32.7 Å². The van der Waals surface area contributed by atoms with Gasteiger partial charge in [0.05, 0.1) is 11.1 Å². The van der Waals surface area contributed by atoms with E-state index in [1.807, 2.05) is 32.0 Å². The number of H-pyrrole nitrogens is 1. The lowest BCUT2D eigenvalue weighted by atomic mass is 9.83. The van der Waals surface area contributed by atoms with Gasteiger partial charge in [0.1, 0.15) is 6.20 Å². The lowest BCUT2D eigenvalue weighted by Crippen LogP contribution is -2.43. The van der Waals surface area contributed by atoms with Crippen LogP contribution in [0.3, 0.4) is 0 Å². The number of hydrogen-bond acceptors (Lipinski definition) is 8. The Morgan fingerprint density at radius 2 is 1.63 bits per heavy atom. The van der Waals surface area contributed by atoms with Crippen LogP contribution in [0.2, 0.25) is 10.0 Å². The monoisotopic (exact) mass is 663 g/mol. The molecule has 41 heavy (non-hydrogen) atoms. The molecule has 0 unspecified atom stereocenters. The molecule has 0 radical (unpaired) electrons. The van der Waals surface area contributed by atoms with Crippen molar-refractivity contribution in [3.05, 3.63) is 90.4 Å². The SMILES string of the molecule is CN1CCN(Cc2ccccc2-c2nc(C(C)(C)c3c(Cl)cc(-n4ncc(=O)[nH]c4=O)cc3Cl)no2)CC1.Cl.Cl.Cl. The number of halogens is 5. The molecular weight excluding hydrogens is 636 g/mol. The van der Waals surface area contributed by atoms with E-state index in [1.165, 1.54) is 0 Å². The van der Waals surface area contributed by atoms with Gasteiger partial charge in [-0.3, -0.25) is 14.7 Å². The first-order valence-electron chi connectivity index (χ1n) is 12.2. The van der Waals surface area contributed by atoms with E-state index in [2.05, 4.69) is 38.2 Å². The number of aromatic amines is 1. The van der Waals surface area contributed by atoms with Crippen LogP contribution in [0.5, 0.6) is 0 Å². The Morgan fingerprint density at radius 3 is 2.27 bits per heavy atom. The molecule has 0 aliphatic carbocycles. The van der Waals surface area contributed by atoms with Crippen LogP contribution >= 0.6 is 60.4 Å². The molecule has 0 bridgehead atoms. The van der Waals surface area contributed by atoms with Crippen molar-refractivity contribution in [2.45, 2.75) is 25.8 Å². The van der Waals surface area contributed by atoms with E-state index in [9.17, 15) is 9.59 Å². The molecule has 15 heteroatoms. The number of piperazine rings is 1. The molecule has 0 amide bonds. The Balaban J connectivity index is 0.00000196. The second-order valence-corrected chi connectivity index (χ2v) is 10.7. The zero-order chi connectivity index (χ0) is 27.0. The molecule has 1 saturated heterocycles. The van der Waals surface area contributed by atoms with Crippen LogP contribution in [0.1, 0.15) is 30.8 Å². The van der Waals surface area contributed by atoms with Crippen molar-refractivity contribution in [3.63, 3.8) is 0 Å². The molecule has 0 saturated carbocycles. The van der Waals surface area contributed by atoms with Gasteiger partial charge in [0, 0.05) is 53.9 Å². The number of aromatic nitrogens is 5. The number of nitrogens with one attached hydrogen (secondary N) is 1. The summed E-state index contributed by atoms with van der Waals surface area (Å²) in [5.41, 5.74) is 0.757. The zero-order valence-electron chi connectivity index (χ0n) is 22.5. The minimum absolute atomic E-state index is 0. The van der Waals surface area contributed by atoms with Crippen molar-refractivity contribution in [1.29, 1.82) is 0 Å². The van der Waals surface area contributed by atoms with Crippen LogP contribution in [-0.4, -0.2) is 67.9 Å². The predicted molar refractivity (Wildman–Crippen MR) is 167 cm³/mol. The molecule has 0 spiro atoms. The standard InChI is InChI=1S/C26H27Cl2N7O3.3ClH/c1-26(2,22-19(27)12-17(13-20(22)28)35-25(37)30-21(36)14-29-35)24-31-23(38-32-24)18-7-5-4-6-16(18)15-34-10-8-33(3)9-11-34;;;/h4-7,12-14H,8-11,15H2,1-3H3,(H,30,36,37);3*1H. The maximum Gasteiger partial charge on any atom is 0.349 e. The van der Waals surface area contributed by atoms with Crippen LogP contribution in [0.15, 0.2) is 56.7 Å². The first-order valence-corrected chi connectivity index (χ1v) is 12.9. The van der Waals surface area contributed by atoms with Crippen LogP contribution in [-0.2, 0) is 12.0 Å². The van der Waals surface area contributed by atoms with E-state index in [0.29, 0.717) is 33.0 Å². The lowest BCUT2D eigenvalue weighted by Gasteiger charge is -2.32. The Bertz CT molecular complexity index is 1570. The molecule has 5 rings (SSSR count). The van der Waals surface area contributed by atoms with Crippen LogP contribution in [0, 0.1) is 0 Å². The Morgan fingerprint density at radius 1 is 1.00 bits per heavy atom. The molecule has 3 heterocycles. The van der Waals surface area contributed by atoms with Crippen molar-refractivity contribution in [3.8, 4) is 17.1 Å². The third kappa shape index (κ3) is 7.32. The van der Waals surface area contributed by atoms with Gasteiger partial charge >= 0.3 is 5.69 Å². The summed E-state index contributed by atoms with van der Waals surface area (Å²) in [5, 5.41) is 8.74. The third-order valence-electron chi connectivity index (χ3n) is 6.83. The summed E-state index contributed by atoms with van der Waals surface area (Å²) in [5.74, 6) is 0.837. The summed E-state index contributed by atoms with van der Waals surface area (Å²) < 4.78 is 6.76. The number of hydrogen-bond donors (Lipinski definition) is 1. The summed E-state index contributed by atoms with van der Waals surface area (Å²) in [6.45, 7) is 8.66. The van der Waals surface area contributed by atoms with Gasteiger partial charge in [-0.2, -0.15) is 14.8 Å². The van der Waals surface area contributed by atoms with Gasteiger partial charge in [-0.25, -0.2) is 4.79 Å². The summed E-state index contributed by atoms with van der Waals surface area (Å²) in [4.78, 5) is 35.2. The molecular formula is C26H30Cl5N7O3. The van der Waals surface area contributed by atoms with Crippen LogP contribution < -0.4 is 11.2 Å². The van der Waals surface area contributed by atoms with Gasteiger partial charge in [-0.1, -0.05) is 46.6 Å². The maximum atomic E-state index is 12.2. The average Bonchev–Trinajstić information content (AvgIpc) is 3.36. The Labute approximate surface area is 265 Å². The van der Waals surface area contributed by atoms with E-state index < -0.39 is 16.7 Å². The van der Waals surface area contributed by atoms with Crippen LogP contribution in [0.4, 0.5) is 0 Å². The second-order valence-electron chi connectivity index (χ2n) is 9.92. The first-order chi connectivity index (χ1) is 18.1. The van der Waals surface area contributed by atoms with Crippen molar-refractivity contribution >= 4 is 60.4 Å². The van der Waals surface area contributed by atoms with Crippen molar-refractivity contribution in [2.24, 2.45) is 0 Å². The highest BCUT2D eigenvalue weighted by molar-refractivity contribution is 6.36. The Kier molecular flexibility index (Phi) is 12.0. The zero-order valence-corrected chi connectivity index (χ0v) is 26.4. The topological polar surface area (TPSA) is 113 Å². The molecule has 1 fully saturated rings. The van der Waals surface area contributed by atoms with Gasteiger partial charge in [-0.15, -0.1) is 37.2 Å². The lowest BCUT2D eigenvalue weighted by molar-refractivity contribution is 0.148. The fourth-order valence-electron chi connectivity index (χ4n) is 4.63.